The number of hydrogen-bond donors (Lipinski definition) is 1. The van der Waals surface area contributed by atoms with E-state index in [0.717, 1.165) is 46.1 Å². The Morgan fingerprint density at radius 1 is 0.857 bits per heavy atom. The van der Waals surface area contributed by atoms with Crippen molar-refractivity contribution in [3.8, 4) is 0 Å². The molecule has 2 aliphatic heterocycles. The van der Waals surface area contributed by atoms with E-state index in [-0.39, 0.29) is 0 Å². The van der Waals surface area contributed by atoms with Crippen LogP contribution >= 0.6 is 0 Å². The molecule has 0 aromatic heterocycles. The molecule has 0 amide bonds. The van der Waals surface area contributed by atoms with Crippen LogP contribution in [-0.2, 0) is 9.47 Å². The Balaban J connectivity index is 1.58. The maximum Gasteiger partial charge on any atom is 0.0594 e. The fourth-order valence-electron chi connectivity index (χ4n) is 4.29. The highest BCUT2D eigenvalue weighted by atomic mass is 16.5. The average Bonchev–Trinajstić information content (AvgIpc) is 2.83. The lowest BCUT2D eigenvalue weighted by Crippen LogP contribution is -2.60. The third-order valence-corrected chi connectivity index (χ3v) is 5.64. The summed E-state index contributed by atoms with van der Waals surface area (Å²) in [5.41, 5.74) is 0.398. The first-order valence-electron chi connectivity index (χ1n) is 9.03. The van der Waals surface area contributed by atoms with Crippen LogP contribution in [0.3, 0.4) is 0 Å². The third kappa shape index (κ3) is 4.19. The second-order valence-electron chi connectivity index (χ2n) is 7.01. The van der Waals surface area contributed by atoms with E-state index >= 15 is 0 Å². The van der Waals surface area contributed by atoms with E-state index in [1.54, 1.807) is 0 Å². The van der Waals surface area contributed by atoms with E-state index in [0.29, 0.717) is 11.6 Å². The van der Waals surface area contributed by atoms with Crippen LogP contribution in [-0.4, -0.2) is 62.5 Å². The molecule has 0 unspecified atom stereocenters. The second-order valence-corrected chi connectivity index (χ2v) is 7.01. The Kier molecular flexibility index (Phi) is 5.92. The SMILES string of the molecule is C1CCC(CN[C@H]2CCCOCC2)(N2CCOCC2)CC1. The van der Waals surface area contributed by atoms with Crippen molar-refractivity contribution >= 4 is 0 Å². The number of morpholine rings is 1. The smallest absolute Gasteiger partial charge is 0.0594 e. The van der Waals surface area contributed by atoms with Gasteiger partial charge < -0.3 is 14.8 Å². The van der Waals surface area contributed by atoms with E-state index in [9.17, 15) is 0 Å². The Hall–Kier alpha value is -0.160. The lowest BCUT2D eigenvalue weighted by Gasteiger charge is -2.48. The van der Waals surface area contributed by atoms with Gasteiger partial charge in [-0.1, -0.05) is 19.3 Å². The molecule has 0 bridgehead atoms. The Labute approximate surface area is 129 Å². The molecule has 0 aromatic rings. The van der Waals surface area contributed by atoms with Crippen LogP contribution in [0.4, 0.5) is 0 Å². The highest BCUT2D eigenvalue weighted by Crippen LogP contribution is 2.34. The quantitative estimate of drug-likeness (QED) is 0.862. The zero-order chi connectivity index (χ0) is 14.4. The van der Waals surface area contributed by atoms with Gasteiger partial charge in [-0.3, -0.25) is 4.90 Å². The first-order valence-corrected chi connectivity index (χ1v) is 9.03. The predicted octanol–water partition coefficient (Wildman–Crippen LogP) is 2.18. The third-order valence-electron chi connectivity index (χ3n) is 5.64. The normalized spacial score (nSPS) is 31.7. The highest BCUT2D eigenvalue weighted by Gasteiger charge is 2.38. The van der Waals surface area contributed by atoms with Gasteiger partial charge in [0, 0.05) is 44.4 Å². The molecule has 1 saturated carbocycles. The van der Waals surface area contributed by atoms with Gasteiger partial charge in [0.15, 0.2) is 0 Å². The fraction of sp³-hybridized carbons (Fsp3) is 1.00. The molecule has 4 heteroatoms. The first kappa shape index (κ1) is 15.7. The molecule has 0 radical (unpaired) electrons. The minimum atomic E-state index is 0.398. The van der Waals surface area contributed by atoms with E-state index in [4.69, 9.17) is 9.47 Å². The molecule has 3 fully saturated rings. The molecule has 0 spiro atoms. The van der Waals surface area contributed by atoms with Crippen molar-refractivity contribution in [2.75, 3.05) is 46.1 Å². The van der Waals surface area contributed by atoms with Crippen molar-refractivity contribution in [3.63, 3.8) is 0 Å². The van der Waals surface area contributed by atoms with Gasteiger partial charge in [0.05, 0.1) is 13.2 Å². The molecule has 1 aliphatic carbocycles. The van der Waals surface area contributed by atoms with Crippen LogP contribution in [0.1, 0.15) is 51.4 Å². The van der Waals surface area contributed by atoms with E-state index < -0.39 is 0 Å². The molecule has 1 N–H and O–H groups in total. The summed E-state index contributed by atoms with van der Waals surface area (Å²) in [5, 5.41) is 3.91. The highest BCUT2D eigenvalue weighted by molar-refractivity contribution is 4.96. The van der Waals surface area contributed by atoms with Crippen molar-refractivity contribution in [1.29, 1.82) is 0 Å². The van der Waals surface area contributed by atoms with Gasteiger partial charge in [0.2, 0.25) is 0 Å². The van der Waals surface area contributed by atoms with Gasteiger partial charge in [0.1, 0.15) is 0 Å². The minimum Gasteiger partial charge on any atom is -0.381 e. The molecule has 1 atom stereocenters. The molecular formula is C17H32N2O2. The van der Waals surface area contributed by atoms with Gasteiger partial charge in [-0.15, -0.1) is 0 Å². The summed E-state index contributed by atoms with van der Waals surface area (Å²) in [6.45, 7) is 7.12. The summed E-state index contributed by atoms with van der Waals surface area (Å²) >= 11 is 0. The van der Waals surface area contributed by atoms with Crippen molar-refractivity contribution in [2.45, 2.75) is 62.9 Å². The molecule has 2 heterocycles. The van der Waals surface area contributed by atoms with Crippen molar-refractivity contribution < 1.29 is 9.47 Å². The van der Waals surface area contributed by atoms with Crippen molar-refractivity contribution in [2.24, 2.45) is 0 Å². The monoisotopic (exact) mass is 296 g/mol. The average molecular weight is 296 g/mol. The predicted molar refractivity (Wildman–Crippen MR) is 84.7 cm³/mol. The van der Waals surface area contributed by atoms with E-state index in [1.165, 1.54) is 51.4 Å². The van der Waals surface area contributed by atoms with E-state index in [1.807, 2.05) is 0 Å². The zero-order valence-electron chi connectivity index (χ0n) is 13.4. The van der Waals surface area contributed by atoms with Crippen LogP contribution in [0.2, 0.25) is 0 Å². The van der Waals surface area contributed by atoms with Crippen LogP contribution in [0, 0.1) is 0 Å². The lowest BCUT2D eigenvalue weighted by atomic mass is 9.79. The number of nitrogens with one attached hydrogen (secondary N) is 1. The minimum absolute atomic E-state index is 0.398. The largest absolute Gasteiger partial charge is 0.381 e. The molecular weight excluding hydrogens is 264 g/mol. The molecule has 0 aromatic carbocycles. The Morgan fingerprint density at radius 3 is 2.43 bits per heavy atom. The van der Waals surface area contributed by atoms with E-state index in [2.05, 4.69) is 10.2 Å². The summed E-state index contributed by atoms with van der Waals surface area (Å²) in [6, 6.07) is 0.660. The first-order chi connectivity index (χ1) is 10.4. The number of rotatable bonds is 4. The summed E-state index contributed by atoms with van der Waals surface area (Å²) in [7, 11) is 0. The lowest BCUT2D eigenvalue weighted by molar-refractivity contribution is -0.0378. The van der Waals surface area contributed by atoms with Crippen LogP contribution in [0.25, 0.3) is 0 Å². The molecule has 2 saturated heterocycles. The van der Waals surface area contributed by atoms with Gasteiger partial charge in [0.25, 0.3) is 0 Å². The summed E-state index contributed by atoms with van der Waals surface area (Å²) in [6.07, 6.45) is 10.6. The standard InChI is InChI=1S/C17H32N2O2/c1-2-7-17(8-3-1,19-9-13-21-14-10-19)15-18-16-5-4-11-20-12-6-16/h16,18H,1-15H2/t16-/m0/s1. The molecule has 21 heavy (non-hydrogen) atoms. The maximum absolute atomic E-state index is 5.59. The van der Waals surface area contributed by atoms with Gasteiger partial charge in [-0.25, -0.2) is 0 Å². The van der Waals surface area contributed by atoms with Crippen molar-refractivity contribution in [1.82, 2.24) is 10.2 Å². The van der Waals surface area contributed by atoms with Crippen LogP contribution in [0.15, 0.2) is 0 Å². The number of ether oxygens (including phenoxy) is 2. The van der Waals surface area contributed by atoms with Gasteiger partial charge in [-0.05, 0) is 32.1 Å². The number of nitrogens with zero attached hydrogens (tertiary/aromatic N) is 1. The zero-order valence-corrected chi connectivity index (χ0v) is 13.4. The van der Waals surface area contributed by atoms with Gasteiger partial charge >= 0.3 is 0 Å². The Morgan fingerprint density at radius 2 is 1.62 bits per heavy atom. The number of hydrogen-bond acceptors (Lipinski definition) is 4. The fourth-order valence-corrected chi connectivity index (χ4v) is 4.29. The summed E-state index contributed by atoms with van der Waals surface area (Å²) in [5.74, 6) is 0. The second kappa shape index (κ2) is 7.91. The molecule has 4 nitrogen and oxygen atoms in total. The Bertz CT molecular complexity index is 291. The topological polar surface area (TPSA) is 33.7 Å². The van der Waals surface area contributed by atoms with Crippen molar-refractivity contribution in [3.05, 3.63) is 0 Å². The molecule has 3 aliphatic rings. The van der Waals surface area contributed by atoms with Crippen LogP contribution in [0.5, 0.6) is 0 Å². The summed E-state index contributed by atoms with van der Waals surface area (Å²) < 4.78 is 11.2. The van der Waals surface area contributed by atoms with Gasteiger partial charge in [-0.2, -0.15) is 0 Å². The molecule has 122 valence electrons. The summed E-state index contributed by atoms with van der Waals surface area (Å²) in [4.78, 5) is 2.73. The maximum atomic E-state index is 5.59. The molecule has 3 rings (SSSR count). The van der Waals surface area contributed by atoms with Crippen LogP contribution < -0.4 is 5.32 Å².